The molecule has 1 heterocycles. The number of hydrogen-bond acceptors (Lipinski definition) is 9. The van der Waals surface area contributed by atoms with Gasteiger partial charge in [0.15, 0.2) is 0 Å². The normalized spacial score (nSPS) is 11.9. The zero-order valence-corrected chi connectivity index (χ0v) is 21.1. The molecule has 0 bridgehead atoms. The molecule has 1 unspecified atom stereocenters. The lowest BCUT2D eigenvalue weighted by atomic mass is 10.1. The molecule has 4 N–H and O–H groups in total. The highest BCUT2D eigenvalue weighted by Gasteiger charge is 2.23. The molecule has 10 nitrogen and oxygen atoms in total. The van der Waals surface area contributed by atoms with Gasteiger partial charge in [0.05, 0.1) is 28.9 Å². The summed E-state index contributed by atoms with van der Waals surface area (Å²) >= 11 is 6.46. The average Bonchev–Trinajstić information content (AvgIpc) is 2.89. The van der Waals surface area contributed by atoms with Crippen molar-refractivity contribution < 1.29 is 19.0 Å². The molecule has 37 heavy (non-hydrogen) atoms. The Morgan fingerprint density at radius 1 is 1.08 bits per heavy atom. The highest BCUT2D eigenvalue weighted by atomic mass is 35.5. The first-order valence-corrected chi connectivity index (χ1v) is 11.7. The van der Waals surface area contributed by atoms with E-state index >= 15 is 0 Å². The molecule has 0 aliphatic carbocycles. The average molecular weight is 525 g/mol. The van der Waals surface area contributed by atoms with Crippen LogP contribution in [0.2, 0.25) is 5.02 Å². The standard InChI is InChI=1S/C26H25ClN4O6/c1-13(7-9-35-2)30-22-23(25(33)24(22)32)31-18-5-4-14(10-17(18)27)37-20-6-8-29-19-12-21(36-3)16(26(28)34)11-15(19)20/h4-6,8,10-13,30-31H,7,9H2,1-3H3,(H2,28,34). The Morgan fingerprint density at radius 2 is 1.84 bits per heavy atom. The lowest BCUT2D eigenvalue weighted by Crippen LogP contribution is -2.38. The quantitative estimate of drug-likeness (QED) is 0.248. The molecule has 0 fully saturated rings. The largest absolute Gasteiger partial charge is 0.496 e. The Hall–Kier alpha value is -4.15. The summed E-state index contributed by atoms with van der Waals surface area (Å²) in [6, 6.07) is 9.59. The zero-order valence-electron chi connectivity index (χ0n) is 20.4. The van der Waals surface area contributed by atoms with Gasteiger partial charge in [0.25, 0.3) is 16.8 Å². The van der Waals surface area contributed by atoms with Crippen molar-refractivity contribution in [1.82, 2.24) is 4.98 Å². The summed E-state index contributed by atoms with van der Waals surface area (Å²) in [5, 5.41) is 6.82. The minimum absolute atomic E-state index is 0.0692. The second kappa shape index (κ2) is 10.9. The lowest BCUT2D eigenvalue weighted by Gasteiger charge is -2.20. The highest BCUT2D eigenvalue weighted by molar-refractivity contribution is 6.33. The molecule has 0 radical (unpaired) electrons. The number of anilines is 3. The summed E-state index contributed by atoms with van der Waals surface area (Å²) in [5.41, 5.74) is 5.81. The number of methoxy groups -OCH3 is 2. The van der Waals surface area contributed by atoms with Crippen LogP contribution in [-0.4, -0.2) is 37.8 Å². The fourth-order valence-corrected chi connectivity index (χ4v) is 4.00. The van der Waals surface area contributed by atoms with Crippen molar-refractivity contribution >= 4 is 45.5 Å². The monoisotopic (exact) mass is 524 g/mol. The highest BCUT2D eigenvalue weighted by Crippen LogP contribution is 2.36. The number of rotatable bonds is 11. The molecular weight excluding hydrogens is 500 g/mol. The molecule has 1 atom stereocenters. The van der Waals surface area contributed by atoms with Crippen LogP contribution in [0, 0.1) is 0 Å². The third-order valence-corrected chi connectivity index (χ3v) is 6.09. The first kappa shape index (κ1) is 25.9. The third kappa shape index (κ3) is 5.35. The number of amides is 1. The maximum Gasteiger partial charge on any atom is 0.253 e. The van der Waals surface area contributed by atoms with Crippen molar-refractivity contribution in [2.75, 3.05) is 31.5 Å². The summed E-state index contributed by atoms with van der Waals surface area (Å²) in [5.74, 6) is 0.484. The van der Waals surface area contributed by atoms with Crippen molar-refractivity contribution in [3.63, 3.8) is 0 Å². The van der Waals surface area contributed by atoms with Crippen molar-refractivity contribution in [1.29, 1.82) is 0 Å². The molecule has 4 rings (SSSR count). The minimum Gasteiger partial charge on any atom is -0.496 e. The molecule has 1 amide bonds. The van der Waals surface area contributed by atoms with Crippen molar-refractivity contribution in [2.24, 2.45) is 5.73 Å². The molecule has 11 heteroatoms. The number of primary amides is 1. The number of aromatic nitrogens is 1. The molecule has 0 saturated heterocycles. The number of nitrogens with one attached hydrogen (secondary N) is 2. The summed E-state index contributed by atoms with van der Waals surface area (Å²) in [7, 11) is 3.04. The van der Waals surface area contributed by atoms with Crippen LogP contribution in [0.4, 0.5) is 17.1 Å². The number of carbonyl (C=O) groups is 1. The van der Waals surface area contributed by atoms with E-state index in [0.29, 0.717) is 46.9 Å². The van der Waals surface area contributed by atoms with Gasteiger partial charge < -0.3 is 30.6 Å². The van der Waals surface area contributed by atoms with Gasteiger partial charge >= 0.3 is 0 Å². The molecule has 0 aliphatic rings. The smallest absolute Gasteiger partial charge is 0.253 e. The van der Waals surface area contributed by atoms with Gasteiger partial charge in [-0.15, -0.1) is 0 Å². The van der Waals surface area contributed by atoms with Crippen LogP contribution < -0.4 is 36.7 Å². The number of carbonyl (C=O) groups excluding carboxylic acids is 1. The molecule has 0 saturated carbocycles. The maximum absolute atomic E-state index is 12.2. The number of halogens is 1. The SMILES string of the molecule is COCCC(C)Nc1c(Nc2ccc(Oc3ccnc4cc(OC)c(C(N)=O)cc34)cc2Cl)c(=O)c1=O. The maximum atomic E-state index is 12.2. The number of fused-ring (bicyclic) bond motifs is 1. The van der Waals surface area contributed by atoms with Gasteiger partial charge in [-0.1, -0.05) is 11.6 Å². The number of benzene rings is 2. The molecule has 1 aromatic heterocycles. The van der Waals surface area contributed by atoms with E-state index in [-0.39, 0.29) is 28.0 Å². The van der Waals surface area contributed by atoms with Crippen molar-refractivity contribution in [3.05, 3.63) is 73.6 Å². The van der Waals surface area contributed by atoms with E-state index in [2.05, 4.69) is 15.6 Å². The van der Waals surface area contributed by atoms with Crippen molar-refractivity contribution in [2.45, 2.75) is 19.4 Å². The molecule has 0 aliphatic heterocycles. The minimum atomic E-state index is -0.646. The van der Waals surface area contributed by atoms with E-state index in [1.165, 1.54) is 7.11 Å². The fraction of sp³-hybridized carbons (Fsp3) is 0.231. The van der Waals surface area contributed by atoms with Gasteiger partial charge in [-0.3, -0.25) is 19.4 Å². The zero-order chi connectivity index (χ0) is 26.7. The van der Waals surface area contributed by atoms with E-state index in [1.807, 2.05) is 6.92 Å². The lowest BCUT2D eigenvalue weighted by molar-refractivity contribution is 0.0997. The first-order valence-electron chi connectivity index (χ1n) is 11.3. The van der Waals surface area contributed by atoms with Gasteiger partial charge in [0.1, 0.15) is 28.6 Å². The molecular formula is C26H25ClN4O6. The van der Waals surface area contributed by atoms with Gasteiger partial charge in [-0.05, 0) is 37.6 Å². The Balaban J connectivity index is 1.57. The Labute approximate surface area is 217 Å². The molecule has 4 aromatic rings. The second-order valence-electron chi connectivity index (χ2n) is 8.35. The van der Waals surface area contributed by atoms with Crippen LogP contribution in [0.3, 0.4) is 0 Å². The number of pyridine rings is 1. The van der Waals surface area contributed by atoms with E-state index in [9.17, 15) is 14.4 Å². The van der Waals surface area contributed by atoms with Gasteiger partial charge in [0.2, 0.25) is 0 Å². The van der Waals surface area contributed by atoms with E-state index in [0.717, 1.165) is 0 Å². The van der Waals surface area contributed by atoms with Gasteiger partial charge in [-0.2, -0.15) is 0 Å². The van der Waals surface area contributed by atoms with Crippen LogP contribution >= 0.6 is 11.6 Å². The number of nitrogens with two attached hydrogens (primary N) is 1. The predicted octanol–water partition coefficient (Wildman–Crippen LogP) is 3.96. The Bertz CT molecular complexity index is 1550. The fourth-order valence-electron chi connectivity index (χ4n) is 3.78. The van der Waals surface area contributed by atoms with Crippen LogP contribution in [0.25, 0.3) is 10.9 Å². The van der Waals surface area contributed by atoms with E-state index in [4.69, 9.17) is 31.5 Å². The molecule has 3 aromatic carbocycles. The molecule has 0 spiro atoms. The summed E-state index contributed by atoms with van der Waals surface area (Å²) in [6.07, 6.45) is 2.23. The Morgan fingerprint density at radius 3 is 2.51 bits per heavy atom. The van der Waals surface area contributed by atoms with Crippen LogP contribution in [0.5, 0.6) is 17.2 Å². The number of hydrogen-bond donors (Lipinski definition) is 3. The topological polar surface area (TPSA) is 142 Å². The summed E-state index contributed by atoms with van der Waals surface area (Å²) in [4.78, 5) is 40.4. The Kier molecular flexibility index (Phi) is 7.61. The second-order valence-corrected chi connectivity index (χ2v) is 8.75. The summed E-state index contributed by atoms with van der Waals surface area (Å²) in [6.45, 7) is 2.41. The van der Waals surface area contributed by atoms with Gasteiger partial charge in [-0.25, -0.2) is 0 Å². The predicted molar refractivity (Wildman–Crippen MR) is 143 cm³/mol. The third-order valence-electron chi connectivity index (χ3n) is 5.77. The van der Waals surface area contributed by atoms with E-state index < -0.39 is 16.8 Å². The molecule has 192 valence electrons. The first-order chi connectivity index (χ1) is 17.7. The van der Waals surface area contributed by atoms with Crippen molar-refractivity contribution in [3.8, 4) is 17.2 Å². The van der Waals surface area contributed by atoms with E-state index in [1.54, 1.807) is 49.7 Å². The summed E-state index contributed by atoms with van der Waals surface area (Å²) < 4.78 is 16.3. The van der Waals surface area contributed by atoms with Crippen LogP contribution in [0.15, 0.2) is 52.2 Å². The van der Waals surface area contributed by atoms with Gasteiger partial charge in [0, 0.05) is 43.5 Å². The van der Waals surface area contributed by atoms with Crippen LogP contribution in [0.1, 0.15) is 23.7 Å². The number of nitrogens with zero attached hydrogens (tertiary/aromatic N) is 1. The number of ether oxygens (including phenoxy) is 3. The van der Waals surface area contributed by atoms with Crippen LogP contribution in [-0.2, 0) is 4.74 Å².